The zero-order valence-corrected chi connectivity index (χ0v) is 12.8. The van der Waals surface area contributed by atoms with E-state index in [0.717, 1.165) is 5.56 Å². The van der Waals surface area contributed by atoms with E-state index in [1.54, 1.807) is 14.0 Å². The lowest BCUT2D eigenvalue weighted by molar-refractivity contribution is 0.0604. The fourth-order valence-corrected chi connectivity index (χ4v) is 1.65. The van der Waals surface area contributed by atoms with Gasteiger partial charge in [0.15, 0.2) is 0 Å². The van der Waals surface area contributed by atoms with Gasteiger partial charge < -0.3 is 10.5 Å². The van der Waals surface area contributed by atoms with Crippen LogP contribution >= 0.6 is 0 Å². The standard InChI is InChI=1S/C15H23N3O2/c1-11(17-5)18(14(19)20-15(2,3)4)13-8-6-7-12(9-13)10-16/h6-9H,10,16H2,1-5H3. The fraction of sp³-hybridized carbons (Fsp3) is 0.467. The van der Waals surface area contributed by atoms with E-state index in [0.29, 0.717) is 18.1 Å². The van der Waals surface area contributed by atoms with Gasteiger partial charge in [-0.2, -0.15) is 0 Å². The molecule has 20 heavy (non-hydrogen) atoms. The monoisotopic (exact) mass is 277 g/mol. The van der Waals surface area contributed by atoms with Gasteiger partial charge in [0.1, 0.15) is 11.4 Å². The van der Waals surface area contributed by atoms with Crippen LogP contribution in [-0.2, 0) is 11.3 Å². The molecule has 0 radical (unpaired) electrons. The number of ether oxygens (including phenoxy) is 1. The van der Waals surface area contributed by atoms with E-state index in [4.69, 9.17) is 10.5 Å². The van der Waals surface area contributed by atoms with Gasteiger partial charge in [-0.1, -0.05) is 12.1 Å². The molecule has 2 N–H and O–H groups in total. The van der Waals surface area contributed by atoms with Crippen molar-refractivity contribution in [1.29, 1.82) is 0 Å². The summed E-state index contributed by atoms with van der Waals surface area (Å²) < 4.78 is 5.43. The summed E-state index contributed by atoms with van der Waals surface area (Å²) in [6.07, 6.45) is -0.449. The van der Waals surface area contributed by atoms with E-state index in [-0.39, 0.29) is 0 Å². The van der Waals surface area contributed by atoms with Gasteiger partial charge in [0.2, 0.25) is 0 Å². The van der Waals surface area contributed by atoms with Gasteiger partial charge >= 0.3 is 6.09 Å². The van der Waals surface area contributed by atoms with E-state index < -0.39 is 11.7 Å². The van der Waals surface area contributed by atoms with Crippen LogP contribution in [0.5, 0.6) is 0 Å². The number of amidine groups is 1. The van der Waals surface area contributed by atoms with Crippen molar-refractivity contribution in [3.05, 3.63) is 29.8 Å². The predicted molar refractivity (Wildman–Crippen MR) is 82.1 cm³/mol. The molecule has 1 aromatic carbocycles. The van der Waals surface area contributed by atoms with E-state index >= 15 is 0 Å². The summed E-state index contributed by atoms with van der Waals surface area (Å²) in [6, 6.07) is 7.46. The van der Waals surface area contributed by atoms with Crippen molar-refractivity contribution in [3.8, 4) is 0 Å². The molecule has 0 heterocycles. The molecule has 5 heteroatoms. The number of carbonyl (C=O) groups excluding carboxylic acids is 1. The maximum atomic E-state index is 12.4. The molecule has 0 aromatic heterocycles. The van der Waals surface area contributed by atoms with Crippen LogP contribution in [0.4, 0.5) is 10.5 Å². The first kappa shape index (κ1) is 16.2. The zero-order chi connectivity index (χ0) is 15.3. The number of hydrogen-bond donors (Lipinski definition) is 1. The Morgan fingerprint density at radius 3 is 2.55 bits per heavy atom. The summed E-state index contributed by atoms with van der Waals surface area (Å²) >= 11 is 0. The molecular weight excluding hydrogens is 254 g/mol. The van der Waals surface area contributed by atoms with Crippen molar-refractivity contribution < 1.29 is 9.53 Å². The molecule has 1 amide bonds. The summed E-state index contributed by atoms with van der Waals surface area (Å²) in [7, 11) is 1.64. The SMILES string of the molecule is CN=C(C)N(C(=O)OC(C)(C)C)c1cccc(CN)c1. The van der Waals surface area contributed by atoms with Crippen LogP contribution in [0.3, 0.4) is 0 Å². The normalized spacial score (nSPS) is 12.2. The van der Waals surface area contributed by atoms with Crippen LogP contribution in [0.2, 0.25) is 0 Å². The molecular formula is C15H23N3O2. The Hall–Kier alpha value is -1.88. The summed E-state index contributed by atoms with van der Waals surface area (Å²) in [6.45, 7) is 7.67. The second-order valence-corrected chi connectivity index (χ2v) is 5.46. The Morgan fingerprint density at radius 1 is 1.40 bits per heavy atom. The lowest BCUT2D eigenvalue weighted by Crippen LogP contribution is -2.40. The smallest absolute Gasteiger partial charge is 0.420 e. The molecule has 0 aliphatic heterocycles. The predicted octanol–water partition coefficient (Wildman–Crippen LogP) is 2.94. The van der Waals surface area contributed by atoms with Crippen molar-refractivity contribution in [2.24, 2.45) is 10.7 Å². The summed E-state index contributed by atoms with van der Waals surface area (Å²) in [5.41, 5.74) is 6.72. The van der Waals surface area contributed by atoms with Crippen molar-refractivity contribution in [3.63, 3.8) is 0 Å². The average Bonchev–Trinajstić information content (AvgIpc) is 2.36. The molecule has 0 spiro atoms. The number of nitrogens with zero attached hydrogens (tertiary/aromatic N) is 2. The van der Waals surface area contributed by atoms with Crippen molar-refractivity contribution in [2.75, 3.05) is 11.9 Å². The Balaban J connectivity index is 3.15. The van der Waals surface area contributed by atoms with Crippen molar-refractivity contribution in [2.45, 2.75) is 39.8 Å². The molecule has 0 aliphatic carbocycles. The maximum Gasteiger partial charge on any atom is 0.420 e. The van der Waals surface area contributed by atoms with Crippen LogP contribution < -0.4 is 10.6 Å². The average molecular weight is 277 g/mol. The van der Waals surface area contributed by atoms with Crippen LogP contribution in [0, 0.1) is 0 Å². The highest BCUT2D eigenvalue weighted by Crippen LogP contribution is 2.20. The van der Waals surface area contributed by atoms with E-state index in [1.807, 2.05) is 45.0 Å². The third-order valence-electron chi connectivity index (χ3n) is 2.63. The number of carbonyl (C=O) groups is 1. The highest BCUT2D eigenvalue weighted by Gasteiger charge is 2.25. The van der Waals surface area contributed by atoms with Gasteiger partial charge in [0, 0.05) is 13.6 Å². The molecule has 0 bridgehead atoms. The first-order valence-electron chi connectivity index (χ1n) is 6.54. The number of nitrogens with two attached hydrogens (primary N) is 1. The van der Waals surface area contributed by atoms with Gasteiger partial charge in [0.25, 0.3) is 0 Å². The second kappa shape index (κ2) is 6.52. The van der Waals surface area contributed by atoms with Gasteiger partial charge in [-0.15, -0.1) is 0 Å². The van der Waals surface area contributed by atoms with Crippen LogP contribution in [-0.4, -0.2) is 24.6 Å². The molecule has 1 aromatic rings. The van der Waals surface area contributed by atoms with Gasteiger partial charge in [0.05, 0.1) is 5.69 Å². The molecule has 0 saturated carbocycles. The first-order chi connectivity index (χ1) is 9.28. The number of aliphatic imine (C=N–C) groups is 1. The minimum Gasteiger partial charge on any atom is -0.443 e. The Bertz CT molecular complexity index is 504. The third-order valence-corrected chi connectivity index (χ3v) is 2.63. The minimum atomic E-state index is -0.561. The number of amides is 1. The largest absolute Gasteiger partial charge is 0.443 e. The molecule has 0 atom stereocenters. The number of anilines is 1. The van der Waals surface area contributed by atoms with Crippen LogP contribution in [0.25, 0.3) is 0 Å². The summed E-state index contributed by atoms with van der Waals surface area (Å²) in [4.78, 5) is 17.9. The lowest BCUT2D eigenvalue weighted by atomic mass is 10.2. The quantitative estimate of drug-likeness (QED) is 0.667. The van der Waals surface area contributed by atoms with Gasteiger partial charge in [-0.05, 0) is 45.4 Å². The van der Waals surface area contributed by atoms with Crippen molar-refractivity contribution >= 4 is 17.6 Å². The van der Waals surface area contributed by atoms with Gasteiger partial charge in [-0.3, -0.25) is 4.99 Å². The Labute approximate surface area is 120 Å². The topological polar surface area (TPSA) is 67.9 Å². The number of benzene rings is 1. The summed E-state index contributed by atoms with van der Waals surface area (Å²) in [5.74, 6) is 0.563. The van der Waals surface area contributed by atoms with Gasteiger partial charge in [-0.25, -0.2) is 9.69 Å². The van der Waals surface area contributed by atoms with E-state index in [9.17, 15) is 4.79 Å². The van der Waals surface area contributed by atoms with Crippen molar-refractivity contribution in [1.82, 2.24) is 0 Å². The molecule has 5 nitrogen and oxygen atoms in total. The number of rotatable bonds is 2. The molecule has 110 valence electrons. The fourth-order valence-electron chi connectivity index (χ4n) is 1.65. The minimum absolute atomic E-state index is 0.415. The lowest BCUT2D eigenvalue weighted by Gasteiger charge is -2.27. The molecule has 1 rings (SSSR count). The Morgan fingerprint density at radius 2 is 2.05 bits per heavy atom. The second-order valence-electron chi connectivity index (χ2n) is 5.46. The highest BCUT2D eigenvalue weighted by atomic mass is 16.6. The zero-order valence-electron chi connectivity index (χ0n) is 12.8. The molecule has 0 aliphatic rings. The van der Waals surface area contributed by atoms with E-state index in [2.05, 4.69) is 4.99 Å². The van der Waals surface area contributed by atoms with E-state index in [1.165, 1.54) is 4.90 Å². The molecule has 0 unspecified atom stereocenters. The third kappa shape index (κ3) is 4.35. The van der Waals surface area contributed by atoms with Crippen LogP contribution in [0.15, 0.2) is 29.3 Å². The Kier molecular flexibility index (Phi) is 5.27. The van der Waals surface area contributed by atoms with Crippen LogP contribution in [0.1, 0.15) is 33.3 Å². The first-order valence-corrected chi connectivity index (χ1v) is 6.54. The molecule has 0 fully saturated rings. The number of hydrogen-bond acceptors (Lipinski definition) is 4. The highest BCUT2D eigenvalue weighted by molar-refractivity contribution is 6.13. The maximum absolute atomic E-state index is 12.4. The summed E-state index contributed by atoms with van der Waals surface area (Å²) in [5, 5.41) is 0. The molecule has 0 saturated heterocycles.